The van der Waals surface area contributed by atoms with Gasteiger partial charge < -0.3 is 24.3 Å². The molecular weight excluding hydrogens is 305 g/mol. The zero-order valence-corrected chi connectivity index (χ0v) is 12.4. The molecule has 0 saturated carbocycles. The smallest absolute Gasteiger partial charge is 0.184 e. The molecule has 0 spiro atoms. The highest BCUT2D eigenvalue weighted by Crippen LogP contribution is 2.69. The van der Waals surface area contributed by atoms with Crippen LogP contribution in [-0.2, 0) is 14.0 Å². The van der Waals surface area contributed by atoms with Crippen LogP contribution in [-0.4, -0.2) is 35.1 Å². The standard InChI is InChI=1S/C15H14NO5P/c16-7-11(22(19,14-8-20-14)15-9-21-15)3-1-2-10-4-5-12(17)13(18)6-10/h1-6,14-15,17-18H,8-9H2/b2-1+,11-3+. The molecule has 2 fully saturated rings. The van der Waals surface area contributed by atoms with Crippen molar-refractivity contribution >= 4 is 13.2 Å². The van der Waals surface area contributed by atoms with Crippen molar-refractivity contribution in [2.45, 2.75) is 11.7 Å². The van der Waals surface area contributed by atoms with E-state index < -0.39 is 18.8 Å². The summed E-state index contributed by atoms with van der Waals surface area (Å²) in [4.78, 5) is 0. The highest BCUT2D eigenvalue weighted by molar-refractivity contribution is 7.70. The van der Waals surface area contributed by atoms with Gasteiger partial charge in [-0.15, -0.1) is 0 Å². The van der Waals surface area contributed by atoms with E-state index >= 15 is 0 Å². The number of hydrogen-bond donors (Lipinski definition) is 2. The second kappa shape index (κ2) is 5.62. The summed E-state index contributed by atoms with van der Waals surface area (Å²) in [7, 11) is -2.97. The average Bonchev–Trinajstić information content (AvgIpc) is 3.39. The first-order valence-corrected chi connectivity index (χ1v) is 8.54. The minimum atomic E-state index is -2.97. The second-order valence-corrected chi connectivity index (χ2v) is 8.11. The van der Waals surface area contributed by atoms with Crippen LogP contribution in [0, 0.1) is 11.3 Å². The van der Waals surface area contributed by atoms with Gasteiger partial charge in [0.1, 0.15) is 17.8 Å². The Morgan fingerprint density at radius 2 is 1.91 bits per heavy atom. The van der Waals surface area contributed by atoms with Crippen molar-refractivity contribution in [3.8, 4) is 17.6 Å². The van der Waals surface area contributed by atoms with Crippen LogP contribution in [0.15, 0.2) is 35.7 Å². The van der Waals surface area contributed by atoms with Gasteiger partial charge in [0.25, 0.3) is 0 Å². The lowest BCUT2D eigenvalue weighted by Gasteiger charge is -2.11. The van der Waals surface area contributed by atoms with Gasteiger partial charge >= 0.3 is 0 Å². The fourth-order valence-electron chi connectivity index (χ4n) is 2.15. The Morgan fingerprint density at radius 3 is 2.41 bits per heavy atom. The van der Waals surface area contributed by atoms with Crippen molar-refractivity contribution in [3.63, 3.8) is 0 Å². The van der Waals surface area contributed by atoms with Crippen LogP contribution in [0.4, 0.5) is 0 Å². The quantitative estimate of drug-likeness (QED) is 0.284. The third-order valence-corrected chi connectivity index (χ3v) is 6.83. The zero-order chi connectivity index (χ0) is 15.7. The molecule has 2 aliphatic heterocycles. The first kappa shape index (κ1) is 14.9. The fraction of sp³-hybridized carbons (Fsp3) is 0.267. The lowest BCUT2D eigenvalue weighted by molar-refractivity contribution is 0.403. The summed E-state index contributed by atoms with van der Waals surface area (Å²) in [6.45, 7) is 0.789. The second-order valence-electron chi connectivity index (χ2n) is 5.06. The molecule has 0 bridgehead atoms. The third kappa shape index (κ3) is 2.79. The average molecular weight is 319 g/mol. The number of benzene rings is 1. The van der Waals surface area contributed by atoms with E-state index in [2.05, 4.69) is 0 Å². The Bertz CT molecular complexity index is 725. The Labute approximate surface area is 127 Å². The predicted molar refractivity (Wildman–Crippen MR) is 79.6 cm³/mol. The lowest BCUT2D eigenvalue weighted by atomic mass is 10.2. The lowest BCUT2D eigenvalue weighted by Crippen LogP contribution is -2.00. The number of nitrogens with zero attached hydrogens (tertiary/aromatic N) is 1. The first-order chi connectivity index (χ1) is 10.6. The molecule has 0 aromatic heterocycles. The van der Waals surface area contributed by atoms with Crippen LogP contribution >= 0.6 is 7.14 Å². The van der Waals surface area contributed by atoms with Gasteiger partial charge in [0.05, 0.1) is 18.5 Å². The summed E-state index contributed by atoms with van der Waals surface area (Å²) >= 11 is 0. The van der Waals surface area contributed by atoms with E-state index in [9.17, 15) is 20.0 Å². The van der Waals surface area contributed by atoms with Gasteiger partial charge in [-0.05, 0) is 23.8 Å². The normalized spacial score (nSPS) is 26.4. The Kier molecular flexibility index (Phi) is 3.79. The molecule has 2 N–H and O–H groups in total. The first-order valence-electron chi connectivity index (χ1n) is 6.69. The minimum Gasteiger partial charge on any atom is -0.504 e. The molecule has 1 aromatic rings. The number of nitriles is 1. The van der Waals surface area contributed by atoms with Gasteiger partial charge in [0.2, 0.25) is 0 Å². The molecule has 3 rings (SSSR count). The van der Waals surface area contributed by atoms with E-state index in [1.165, 1.54) is 18.2 Å². The third-order valence-electron chi connectivity index (χ3n) is 3.52. The number of hydrogen-bond acceptors (Lipinski definition) is 6. The maximum Gasteiger partial charge on any atom is 0.184 e. The molecule has 2 aliphatic rings. The molecular formula is C15H14NO5P. The summed E-state index contributed by atoms with van der Waals surface area (Å²) in [5.74, 6) is -1.24. The Morgan fingerprint density at radius 1 is 1.27 bits per heavy atom. The minimum absolute atomic E-state index is 0.178. The number of ether oxygens (including phenoxy) is 2. The number of allylic oxidation sites excluding steroid dienone is 3. The summed E-state index contributed by atoms with van der Waals surface area (Å²) in [5, 5.41) is 28.1. The van der Waals surface area contributed by atoms with E-state index in [1.807, 2.05) is 6.07 Å². The molecule has 0 radical (unpaired) electrons. The van der Waals surface area contributed by atoms with Crippen molar-refractivity contribution in [3.05, 3.63) is 41.2 Å². The summed E-state index contributed by atoms with van der Waals surface area (Å²) < 4.78 is 23.2. The summed E-state index contributed by atoms with van der Waals surface area (Å²) in [6.07, 6.45) is 4.72. The van der Waals surface area contributed by atoms with Crippen molar-refractivity contribution in [1.29, 1.82) is 5.26 Å². The van der Waals surface area contributed by atoms with E-state index in [-0.39, 0.29) is 16.8 Å². The number of rotatable bonds is 5. The van der Waals surface area contributed by atoms with Crippen molar-refractivity contribution in [2.75, 3.05) is 13.2 Å². The molecule has 114 valence electrons. The van der Waals surface area contributed by atoms with E-state index in [4.69, 9.17) is 9.47 Å². The van der Waals surface area contributed by atoms with Gasteiger partial charge in [-0.25, -0.2) is 0 Å². The van der Waals surface area contributed by atoms with Crippen molar-refractivity contribution in [1.82, 2.24) is 0 Å². The molecule has 0 aliphatic carbocycles. The largest absolute Gasteiger partial charge is 0.504 e. The van der Waals surface area contributed by atoms with Gasteiger partial charge in [0, 0.05) is 0 Å². The van der Waals surface area contributed by atoms with Gasteiger partial charge in [0.15, 0.2) is 18.6 Å². The molecule has 2 saturated heterocycles. The van der Waals surface area contributed by atoms with Gasteiger partial charge in [-0.1, -0.05) is 18.2 Å². The predicted octanol–water partition coefficient (Wildman–Crippen LogP) is 2.59. The molecule has 2 atom stereocenters. The summed E-state index contributed by atoms with van der Waals surface area (Å²) in [5.41, 5.74) is 0.643. The topological polar surface area (TPSA) is 106 Å². The highest BCUT2D eigenvalue weighted by atomic mass is 31.2. The van der Waals surface area contributed by atoms with Crippen LogP contribution in [0.25, 0.3) is 6.08 Å². The molecule has 22 heavy (non-hydrogen) atoms. The van der Waals surface area contributed by atoms with Crippen LogP contribution in [0.3, 0.4) is 0 Å². The molecule has 2 unspecified atom stereocenters. The number of phenolic OH excluding ortho intramolecular Hbond substituents is 2. The number of epoxide rings is 2. The fourth-order valence-corrected chi connectivity index (χ4v) is 4.68. The summed E-state index contributed by atoms with van der Waals surface area (Å²) in [6, 6.07) is 6.35. The Balaban J connectivity index is 1.83. The molecule has 2 heterocycles. The number of phenols is 2. The van der Waals surface area contributed by atoms with Gasteiger partial charge in [-0.2, -0.15) is 5.26 Å². The van der Waals surface area contributed by atoms with Crippen LogP contribution in [0.1, 0.15) is 5.56 Å². The zero-order valence-electron chi connectivity index (χ0n) is 11.5. The van der Waals surface area contributed by atoms with Crippen LogP contribution in [0.2, 0.25) is 0 Å². The SMILES string of the molecule is N#C/C(=C\C=C\c1ccc(O)c(O)c1)P(=O)(C1CO1)C1CO1. The maximum absolute atomic E-state index is 13.0. The molecule has 7 heteroatoms. The molecule has 1 aromatic carbocycles. The van der Waals surface area contributed by atoms with Crippen molar-refractivity contribution in [2.24, 2.45) is 0 Å². The highest BCUT2D eigenvalue weighted by Gasteiger charge is 2.56. The van der Waals surface area contributed by atoms with E-state index in [0.29, 0.717) is 18.8 Å². The number of aromatic hydroxyl groups is 2. The van der Waals surface area contributed by atoms with Crippen molar-refractivity contribution < 1.29 is 24.3 Å². The van der Waals surface area contributed by atoms with Gasteiger partial charge in [-0.3, -0.25) is 0 Å². The molecule has 6 nitrogen and oxygen atoms in total. The molecule has 0 amide bonds. The van der Waals surface area contributed by atoms with E-state index in [0.717, 1.165) is 0 Å². The van der Waals surface area contributed by atoms with E-state index in [1.54, 1.807) is 18.2 Å². The Hall–Kier alpha value is -2.06. The van der Waals surface area contributed by atoms with Crippen LogP contribution in [0.5, 0.6) is 11.5 Å². The maximum atomic E-state index is 13.0. The van der Waals surface area contributed by atoms with Crippen LogP contribution < -0.4 is 0 Å². The monoisotopic (exact) mass is 319 g/mol.